The molecule has 0 radical (unpaired) electrons. The Kier molecular flexibility index (Phi) is 6.45. The van der Waals surface area contributed by atoms with Gasteiger partial charge in [0.1, 0.15) is 22.6 Å². The standard InChI is InChI=1S/C30H19F4N5O3/c1-38-14-11-19-24(10-13-36-27(19)38)42-25-9-8-18(16-22(25)31)37-28(40)20-15-17-5-4-12-35-26(17)39(29(20)41)23-7-3-2-6-21(23)30(32,33)34/h2-16H,1H3,(H,37,40). The number of benzene rings is 2. The van der Waals surface area contributed by atoms with Crippen molar-refractivity contribution in [1.82, 2.24) is 19.1 Å². The molecule has 2 aromatic carbocycles. The van der Waals surface area contributed by atoms with Crippen LogP contribution in [-0.2, 0) is 13.2 Å². The normalized spacial score (nSPS) is 11.6. The van der Waals surface area contributed by atoms with Crippen molar-refractivity contribution in [3.8, 4) is 17.2 Å². The Morgan fingerprint density at radius 1 is 0.905 bits per heavy atom. The second kappa shape index (κ2) is 10.1. The molecule has 1 N–H and O–H groups in total. The van der Waals surface area contributed by atoms with Crippen molar-refractivity contribution in [2.24, 2.45) is 7.05 Å². The first-order chi connectivity index (χ1) is 20.1. The summed E-state index contributed by atoms with van der Waals surface area (Å²) in [6.07, 6.45) is -0.129. The van der Waals surface area contributed by atoms with Crippen molar-refractivity contribution in [1.29, 1.82) is 0 Å². The molecule has 0 fully saturated rings. The molecule has 0 bridgehead atoms. The Balaban J connectivity index is 1.35. The smallest absolute Gasteiger partial charge is 0.418 e. The largest absolute Gasteiger partial charge is 0.453 e. The third-order valence-corrected chi connectivity index (χ3v) is 6.59. The van der Waals surface area contributed by atoms with Gasteiger partial charge >= 0.3 is 6.18 Å². The molecule has 8 nitrogen and oxygen atoms in total. The van der Waals surface area contributed by atoms with Crippen LogP contribution in [-0.4, -0.2) is 25.0 Å². The SMILES string of the molecule is Cn1ccc2c(Oc3ccc(NC(=O)c4cc5cccnc5n(-c5ccccc5C(F)(F)F)c4=O)cc3F)ccnc21. The molecule has 0 aliphatic rings. The summed E-state index contributed by atoms with van der Waals surface area (Å²) < 4.78 is 64.8. The van der Waals surface area contributed by atoms with Gasteiger partial charge < -0.3 is 14.6 Å². The van der Waals surface area contributed by atoms with Crippen LogP contribution in [0.1, 0.15) is 15.9 Å². The molecule has 6 aromatic rings. The van der Waals surface area contributed by atoms with Crippen molar-refractivity contribution in [2.75, 3.05) is 5.32 Å². The van der Waals surface area contributed by atoms with Gasteiger partial charge in [0.15, 0.2) is 11.6 Å². The van der Waals surface area contributed by atoms with E-state index in [9.17, 15) is 22.8 Å². The molecule has 42 heavy (non-hydrogen) atoms. The number of carbonyl (C=O) groups is 1. The summed E-state index contributed by atoms with van der Waals surface area (Å²) in [4.78, 5) is 35.1. The van der Waals surface area contributed by atoms with E-state index in [1.54, 1.807) is 22.9 Å². The highest BCUT2D eigenvalue weighted by molar-refractivity contribution is 6.05. The summed E-state index contributed by atoms with van der Waals surface area (Å²) in [6.45, 7) is 0. The van der Waals surface area contributed by atoms with Gasteiger partial charge in [0.25, 0.3) is 11.5 Å². The van der Waals surface area contributed by atoms with Crippen LogP contribution in [0.5, 0.6) is 11.5 Å². The number of hydrogen-bond donors (Lipinski definition) is 1. The van der Waals surface area contributed by atoms with E-state index >= 15 is 4.39 Å². The minimum Gasteiger partial charge on any atom is -0.453 e. The lowest BCUT2D eigenvalue weighted by Crippen LogP contribution is -2.30. The number of para-hydroxylation sites is 1. The summed E-state index contributed by atoms with van der Waals surface area (Å²) in [5.41, 5.74) is -2.46. The van der Waals surface area contributed by atoms with Crippen molar-refractivity contribution in [3.05, 3.63) is 119 Å². The molecule has 0 unspecified atom stereocenters. The van der Waals surface area contributed by atoms with E-state index in [-0.39, 0.29) is 22.5 Å². The van der Waals surface area contributed by atoms with Crippen molar-refractivity contribution < 1.29 is 27.1 Å². The zero-order valence-electron chi connectivity index (χ0n) is 21.7. The van der Waals surface area contributed by atoms with Crippen LogP contribution in [0.2, 0.25) is 0 Å². The highest BCUT2D eigenvalue weighted by atomic mass is 19.4. The summed E-state index contributed by atoms with van der Waals surface area (Å²) in [6, 6.07) is 15.8. The number of amides is 1. The van der Waals surface area contributed by atoms with Crippen LogP contribution in [0.15, 0.2) is 96.2 Å². The Labute approximate surface area is 234 Å². The number of alkyl halides is 3. The third kappa shape index (κ3) is 4.72. The zero-order chi connectivity index (χ0) is 29.6. The summed E-state index contributed by atoms with van der Waals surface area (Å²) >= 11 is 0. The van der Waals surface area contributed by atoms with Gasteiger partial charge in [-0.25, -0.2) is 14.4 Å². The molecule has 0 saturated heterocycles. The van der Waals surface area contributed by atoms with Gasteiger partial charge in [0.05, 0.1) is 16.6 Å². The quantitative estimate of drug-likeness (QED) is 0.239. The number of aromatic nitrogens is 4. The van der Waals surface area contributed by atoms with Crippen LogP contribution in [0.4, 0.5) is 23.2 Å². The number of fused-ring (bicyclic) bond motifs is 2. The van der Waals surface area contributed by atoms with Crippen LogP contribution < -0.4 is 15.6 Å². The van der Waals surface area contributed by atoms with E-state index in [2.05, 4.69) is 15.3 Å². The fraction of sp³-hybridized carbons (Fsp3) is 0.0667. The first-order valence-corrected chi connectivity index (χ1v) is 12.5. The molecule has 0 saturated carbocycles. The number of carbonyl (C=O) groups excluding carboxylic acids is 1. The van der Waals surface area contributed by atoms with E-state index in [1.165, 1.54) is 54.9 Å². The molecule has 0 aliphatic carbocycles. The van der Waals surface area contributed by atoms with Crippen LogP contribution in [0.3, 0.4) is 0 Å². The summed E-state index contributed by atoms with van der Waals surface area (Å²) in [7, 11) is 1.81. The molecular formula is C30H19F4N5O3. The van der Waals surface area contributed by atoms with Gasteiger partial charge in [-0.15, -0.1) is 0 Å². The van der Waals surface area contributed by atoms with Crippen molar-refractivity contribution in [3.63, 3.8) is 0 Å². The maximum atomic E-state index is 15.0. The number of aryl methyl sites for hydroxylation is 1. The monoisotopic (exact) mass is 573 g/mol. The first kappa shape index (κ1) is 26.7. The van der Waals surface area contributed by atoms with Crippen LogP contribution in [0, 0.1) is 5.82 Å². The van der Waals surface area contributed by atoms with E-state index in [0.29, 0.717) is 16.8 Å². The Hall–Kier alpha value is -5.52. The van der Waals surface area contributed by atoms with Crippen molar-refractivity contribution in [2.45, 2.75) is 6.18 Å². The van der Waals surface area contributed by atoms with Gasteiger partial charge in [-0.2, -0.15) is 13.2 Å². The topological polar surface area (TPSA) is 91.0 Å². The number of nitrogens with zero attached hydrogens (tertiary/aromatic N) is 4. The minimum absolute atomic E-state index is 0.00244. The number of anilines is 1. The maximum Gasteiger partial charge on any atom is 0.418 e. The average molecular weight is 574 g/mol. The predicted molar refractivity (Wildman–Crippen MR) is 147 cm³/mol. The molecule has 0 spiro atoms. The van der Waals surface area contributed by atoms with Gasteiger partial charge in [0.2, 0.25) is 0 Å². The number of nitrogens with one attached hydrogen (secondary N) is 1. The highest BCUT2D eigenvalue weighted by Gasteiger charge is 2.34. The number of rotatable bonds is 5. The Morgan fingerprint density at radius 2 is 1.69 bits per heavy atom. The van der Waals surface area contributed by atoms with E-state index in [0.717, 1.165) is 22.8 Å². The van der Waals surface area contributed by atoms with Gasteiger partial charge in [-0.05, 0) is 54.6 Å². The lowest BCUT2D eigenvalue weighted by molar-refractivity contribution is -0.137. The number of pyridine rings is 3. The van der Waals surface area contributed by atoms with Gasteiger partial charge in [-0.1, -0.05) is 12.1 Å². The molecule has 4 heterocycles. The molecule has 12 heteroatoms. The molecule has 210 valence electrons. The number of hydrogen-bond acceptors (Lipinski definition) is 5. The van der Waals surface area contributed by atoms with E-state index in [4.69, 9.17) is 4.74 Å². The maximum absolute atomic E-state index is 15.0. The molecule has 6 rings (SSSR count). The summed E-state index contributed by atoms with van der Waals surface area (Å²) in [5.74, 6) is -1.49. The second-order valence-corrected chi connectivity index (χ2v) is 9.30. The fourth-order valence-corrected chi connectivity index (χ4v) is 4.64. The average Bonchev–Trinajstić information content (AvgIpc) is 3.35. The fourth-order valence-electron chi connectivity index (χ4n) is 4.64. The molecule has 0 aliphatic heterocycles. The van der Waals surface area contributed by atoms with Crippen LogP contribution >= 0.6 is 0 Å². The minimum atomic E-state index is -4.78. The highest BCUT2D eigenvalue weighted by Crippen LogP contribution is 2.35. The lowest BCUT2D eigenvalue weighted by atomic mass is 10.1. The van der Waals surface area contributed by atoms with E-state index in [1.807, 2.05) is 7.05 Å². The van der Waals surface area contributed by atoms with Crippen LogP contribution in [0.25, 0.3) is 27.8 Å². The van der Waals surface area contributed by atoms with E-state index < -0.39 is 40.3 Å². The third-order valence-electron chi connectivity index (χ3n) is 6.59. The first-order valence-electron chi connectivity index (χ1n) is 12.5. The molecule has 1 amide bonds. The molecular weight excluding hydrogens is 554 g/mol. The zero-order valence-corrected chi connectivity index (χ0v) is 21.7. The Morgan fingerprint density at radius 3 is 2.48 bits per heavy atom. The number of halogens is 4. The molecule has 4 aromatic heterocycles. The second-order valence-electron chi connectivity index (χ2n) is 9.30. The van der Waals surface area contributed by atoms with Gasteiger partial charge in [-0.3, -0.25) is 14.2 Å². The summed E-state index contributed by atoms with van der Waals surface area (Å²) in [5, 5.41) is 3.37. The molecule has 0 atom stereocenters. The number of ether oxygens (including phenoxy) is 1. The Bertz CT molecular complexity index is 2070. The van der Waals surface area contributed by atoms with Gasteiger partial charge in [0, 0.05) is 42.8 Å². The van der Waals surface area contributed by atoms with Crippen molar-refractivity contribution >= 4 is 33.7 Å². The lowest BCUT2D eigenvalue weighted by Gasteiger charge is -2.17. The predicted octanol–water partition coefficient (Wildman–Crippen LogP) is 6.47.